The van der Waals surface area contributed by atoms with E-state index in [0.717, 1.165) is 0 Å². The molecule has 54 valence electrons. The molecular formula is C7H16NO+. The summed E-state index contributed by atoms with van der Waals surface area (Å²) in [5, 5.41) is 1.97. The second kappa shape index (κ2) is 3.62. The first-order valence-electron chi connectivity index (χ1n) is 3.39. The normalized spacial score (nSPS) is 13.9. The maximum absolute atomic E-state index is 10.8. The van der Waals surface area contributed by atoms with E-state index in [9.17, 15) is 4.79 Å². The van der Waals surface area contributed by atoms with Crippen molar-refractivity contribution in [1.29, 1.82) is 0 Å². The second-order valence-corrected chi connectivity index (χ2v) is 2.71. The Hall–Kier alpha value is -0.370. The van der Waals surface area contributed by atoms with Crippen LogP contribution in [-0.4, -0.2) is 18.9 Å². The quantitative estimate of drug-likeness (QED) is 0.563. The van der Waals surface area contributed by atoms with Crippen LogP contribution in [-0.2, 0) is 4.79 Å². The van der Waals surface area contributed by atoms with E-state index in [0.29, 0.717) is 5.92 Å². The summed E-state index contributed by atoms with van der Waals surface area (Å²) < 4.78 is 0. The molecule has 0 aliphatic carbocycles. The van der Waals surface area contributed by atoms with Crippen molar-refractivity contribution < 1.29 is 10.1 Å². The van der Waals surface area contributed by atoms with E-state index < -0.39 is 0 Å². The molecule has 0 aliphatic rings. The third-order valence-electron chi connectivity index (χ3n) is 1.55. The van der Waals surface area contributed by atoms with Crippen molar-refractivity contribution in [2.45, 2.75) is 26.8 Å². The highest BCUT2D eigenvalue weighted by Gasteiger charge is 2.18. The lowest BCUT2D eigenvalue weighted by Crippen LogP contribution is -2.89. The van der Waals surface area contributed by atoms with Gasteiger partial charge < -0.3 is 5.32 Å². The number of rotatable bonds is 3. The molecular weight excluding hydrogens is 114 g/mol. The number of nitrogens with two attached hydrogens (primary N) is 1. The Morgan fingerprint density at radius 3 is 1.89 bits per heavy atom. The van der Waals surface area contributed by atoms with Gasteiger partial charge in [-0.15, -0.1) is 0 Å². The first kappa shape index (κ1) is 8.63. The van der Waals surface area contributed by atoms with Crippen LogP contribution in [0.1, 0.15) is 20.8 Å². The van der Waals surface area contributed by atoms with Crippen molar-refractivity contribution >= 4 is 5.78 Å². The van der Waals surface area contributed by atoms with Crippen LogP contribution >= 0.6 is 0 Å². The summed E-state index contributed by atoms with van der Waals surface area (Å²) in [4.78, 5) is 10.8. The van der Waals surface area contributed by atoms with Gasteiger partial charge in [0.2, 0.25) is 0 Å². The van der Waals surface area contributed by atoms with Gasteiger partial charge in [-0.2, -0.15) is 0 Å². The van der Waals surface area contributed by atoms with Crippen LogP contribution in [0.4, 0.5) is 0 Å². The number of likely N-dealkylation sites (N-methyl/N-ethyl adjacent to an activating group) is 1. The fourth-order valence-corrected chi connectivity index (χ4v) is 1.09. The SMILES string of the molecule is C[NH2+][C@@H](C(C)=O)C(C)C. The van der Waals surface area contributed by atoms with E-state index >= 15 is 0 Å². The van der Waals surface area contributed by atoms with E-state index in [-0.39, 0.29) is 11.8 Å². The molecule has 2 heteroatoms. The van der Waals surface area contributed by atoms with Gasteiger partial charge in [0.15, 0.2) is 5.78 Å². The highest BCUT2D eigenvalue weighted by atomic mass is 16.1. The fourth-order valence-electron chi connectivity index (χ4n) is 1.09. The third kappa shape index (κ3) is 2.61. The standard InChI is InChI=1S/C7H15NO/c1-5(2)7(8-4)6(3)9/h5,7-8H,1-4H3/p+1/t7-/m1/s1. The third-order valence-corrected chi connectivity index (χ3v) is 1.55. The van der Waals surface area contributed by atoms with Crippen molar-refractivity contribution in [2.24, 2.45) is 5.92 Å². The number of quaternary nitrogens is 1. The van der Waals surface area contributed by atoms with Gasteiger partial charge in [0, 0.05) is 12.8 Å². The van der Waals surface area contributed by atoms with Gasteiger partial charge in [0.1, 0.15) is 6.04 Å². The summed E-state index contributed by atoms with van der Waals surface area (Å²) in [5.41, 5.74) is 0. The van der Waals surface area contributed by atoms with Crippen LogP contribution in [0.2, 0.25) is 0 Å². The minimum atomic E-state index is 0.157. The molecule has 0 aromatic carbocycles. The van der Waals surface area contributed by atoms with E-state index in [1.54, 1.807) is 6.92 Å². The monoisotopic (exact) mass is 130 g/mol. The molecule has 0 aromatic rings. The van der Waals surface area contributed by atoms with Crippen LogP contribution in [0.5, 0.6) is 0 Å². The molecule has 0 saturated heterocycles. The number of hydrogen-bond donors (Lipinski definition) is 1. The van der Waals surface area contributed by atoms with E-state index in [4.69, 9.17) is 0 Å². The molecule has 0 radical (unpaired) electrons. The molecule has 0 amide bonds. The van der Waals surface area contributed by atoms with Crippen LogP contribution in [0.3, 0.4) is 0 Å². The zero-order valence-corrected chi connectivity index (χ0v) is 6.64. The van der Waals surface area contributed by atoms with Gasteiger partial charge >= 0.3 is 0 Å². The maximum Gasteiger partial charge on any atom is 0.186 e. The molecule has 0 heterocycles. The lowest BCUT2D eigenvalue weighted by atomic mass is 10.0. The predicted octanol–water partition coefficient (Wildman–Crippen LogP) is -0.207. The van der Waals surface area contributed by atoms with Gasteiger partial charge in [-0.3, -0.25) is 4.79 Å². The molecule has 0 aliphatic heterocycles. The Balaban J connectivity index is 3.83. The van der Waals surface area contributed by atoms with Crippen LogP contribution in [0, 0.1) is 5.92 Å². The second-order valence-electron chi connectivity index (χ2n) is 2.71. The van der Waals surface area contributed by atoms with Crippen LogP contribution < -0.4 is 5.32 Å². The summed E-state index contributed by atoms with van der Waals surface area (Å²) in [6.07, 6.45) is 0. The van der Waals surface area contributed by atoms with Crippen molar-refractivity contribution in [3.05, 3.63) is 0 Å². The number of carbonyl (C=O) groups is 1. The number of Topliss-reactive ketones (excluding diaryl/α,β-unsaturated/α-hetero) is 1. The Morgan fingerprint density at radius 2 is 1.89 bits per heavy atom. The summed E-state index contributed by atoms with van der Waals surface area (Å²) in [5.74, 6) is 0.722. The molecule has 0 bridgehead atoms. The minimum Gasteiger partial charge on any atom is -0.340 e. The Bertz CT molecular complexity index is 99.1. The molecule has 9 heavy (non-hydrogen) atoms. The summed E-state index contributed by atoms with van der Waals surface area (Å²) in [6, 6.07) is 0.157. The number of carbonyl (C=O) groups excluding carboxylic acids is 1. The first-order valence-corrected chi connectivity index (χ1v) is 3.39. The number of ketones is 1. The maximum atomic E-state index is 10.8. The molecule has 1 atom stereocenters. The number of hydrogen-bond acceptors (Lipinski definition) is 1. The first-order chi connectivity index (χ1) is 4.09. The van der Waals surface area contributed by atoms with Gasteiger partial charge in [-0.1, -0.05) is 13.8 Å². The van der Waals surface area contributed by atoms with Crippen molar-refractivity contribution in [3.8, 4) is 0 Å². The van der Waals surface area contributed by atoms with Crippen LogP contribution in [0.25, 0.3) is 0 Å². The molecule has 0 aromatic heterocycles. The Labute approximate surface area is 56.6 Å². The summed E-state index contributed by atoms with van der Waals surface area (Å²) >= 11 is 0. The van der Waals surface area contributed by atoms with Gasteiger partial charge in [-0.05, 0) is 0 Å². The van der Waals surface area contributed by atoms with Gasteiger partial charge in [-0.25, -0.2) is 0 Å². The lowest BCUT2D eigenvalue weighted by molar-refractivity contribution is -0.655. The van der Waals surface area contributed by atoms with Crippen molar-refractivity contribution in [3.63, 3.8) is 0 Å². The predicted molar refractivity (Wildman–Crippen MR) is 37.2 cm³/mol. The van der Waals surface area contributed by atoms with Gasteiger partial charge in [0.25, 0.3) is 0 Å². The molecule has 0 unspecified atom stereocenters. The van der Waals surface area contributed by atoms with Gasteiger partial charge in [0.05, 0.1) is 7.05 Å². The van der Waals surface area contributed by atoms with Crippen molar-refractivity contribution in [1.82, 2.24) is 0 Å². The average Bonchev–Trinajstić information content (AvgIpc) is 1.64. The Morgan fingerprint density at radius 1 is 1.44 bits per heavy atom. The van der Waals surface area contributed by atoms with Crippen molar-refractivity contribution in [2.75, 3.05) is 7.05 Å². The topological polar surface area (TPSA) is 33.7 Å². The molecule has 0 spiro atoms. The highest BCUT2D eigenvalue weighted by molar-refractivity contribution is 5.80. The molecule has 0 rings (SSSR count). The average molecular weight is 130 g/mol. The molecule has 0 fully saturated rings. The fraction of sp³-hybridized carbons (Fsp3) is 0.857. The largest absolute Gasteiger partial charge is 0.340 e. The molecule has 2 nitrogen and oxygen atoms in total. The zero-order valence-electron chi connectivity index (χ0n) is 6.64. The van der Waals surface area contributed by atoms with E-state index in [2.05, 4.69) is 13.8 Å². The smallest absolute Gasteiger partial charge is 0.186 e. The van der Waals surface area contributed by atoms with E-state index in [1.807, 2.05) is 12.4 Å². The lowest BCUT2D eigenvalue weighted by Gasteiger charge is -2.12. The summed E-state index contributed by atoms with van der Waals surface area (Å²) in [6.45, 7) is 5.77. The summed E-state index contributed by atoms with van der Waals surface area (Å²) in [7, 11) is 1.94. The molecule has 2 N–H and O–H groups in total. The minimum absolute atomic E-state index is 0.157. The molecule has 0 saturated carbocycles. The highest BCUT2D eigenvalue weighted by Crippen LogP contribution is 1.96. The van der Waals surface area contributed by atoms with E-state index in [1.165, 1.54) is 0 Å². The Kier molecular flexibility index (Phi) is 3.47. The van der Waals surface area contributed by atoms with Crippen LogP contribution in [0.15, 0.2) is 0 Å². The zero-order chi connectivity index (χ0) is 7.44.